The van der Waals surface area contributed by atoms with Crippen LogP contribution in [0.15, 0.2) is 55.3 Å². The summed E-state index contributed by atoms with van der Waals surface area (Å²) in [5.74, 6) is 0. The second kappa shape index (κ2) is 4.82. The molecule has 0 heterocycles. The first kappa shape index (κ1) is 10.8. The minimum absolute atomic E-state index is 1.30. The van der Waals surface area contributed by atoms with Gasteiger partial charge in [0.05, 0.1) is 6.26 Å². The van der Waals surface area contributed by atoms with Crippen molar-refractivity contribution in [2.45, 2.75) is 13.1 Å². The maximum atomic E-state index is 5.74. The van der Waals surface area contributed by atoms with Gasteiger partial charge in [0, 0.05) is 0 Å². The summed E-state index contributed by atoms with van der Waals surface area (Å²) < 4.78 is 5.74. The Labute approximate surface area is 86.9 Å². The number of allylic oxidation sites excluding steroid dienone is 2. The van der Waals surface area contributed by atoms with Crippen LogP contribution < -0.4 is 5.19 Å². The normalized spacial score (nSPS) is 11.6. The van der Waals surface area contributed by atoms with Crippen LogP contribution in [0.1, 0.15) is 0 Å². The summed E-state index contributed by atoms with van der Waals surface area (Å²) in [5.41, 5.74) is 0. The molecule has 0 aliphatic rings. The van der Waals surface area contributed by atoms with E-state index in [1.165, 1.54) is 5.19 Å². The SMILES string of the molecule is C=CC=CO[Si](C)(C)c1ccccc1. The monoisotopic (exact) mass is 204 g/mol. The molecule has 0 aromatic heterocycles. The van der Waals surface area contributed by atoms with E-state index in [1.54, 1.807) is 12.3 Å². The van der Waals surface area contributed by atoms with Gasteiger partial charge in [-0.3, -0.25) is 0 Å². The third-order valence-electron chi connectivity index (χ3n) is 2.05. The van der Waals surface area contributed by atoms with Crippen LogP contribution in [0.5, 0.6) is 0 Å². The van der Waals surface area contributed by atoms with Crippen molar-refractivity contribution in [3.05, 3.63) is 55.3 Å². The van der Waals surface area contributed by atoms with Crippen molar-refractivity contribution >= 4 is 13.5 Å². The lowest BCUT2D eigenvalue weighted by Crippen LogP contribution is -2.43. The maximum absolute atomic E-state index is 5.74. The molecule has 1 aromatic carbocycles. The summed E-state index contributed by atoms with van der Waals surface area (Å²) in [7, 11) is -1.75. The predicted octanol–water partition coefficient (Wildman–Crippen LogP) is 2.82. The molecule has 0 radical (unpaired) electrons. The highest BCUT2D eigenvalue weighted by atomic mass is 28.4. The Morgan fingerprint density at radius 3 is 2.43 bits per heavy atom. The lowest BCUT2D eigenvalue weighted by atomic mass is 10.4. The quantitative estimate of drug-likeness (QED) is 0.416. The van der Waals surface area contributed by atoms with Gasteiger partial charge < -0.3 is 4.43 Å². The number of rotatable bonds is 4. The molecule has 1 aromatic rings. The van der Waals surface area contributed by atoms with E-state index in [9.17, 15) is 0 Å². The zero-order valence-electron chi connectivity index (χ0n) is 8.73. The highest BCUT2D eigenvalue weighted by Crippen LogP contribution is 2.05. The van der Waals surface area contributed by atoms with Crippen LogP contribution in [0.2, 0.25) is 13.1 Å². The Morgan fingerprint density at radius 1 is 1.21 bits per heavy atom. The molecule has 0 aliphatic carbocycles. The van der Waals surface area contributed by atoms with E-state index in [-0.39, 0.29) is 0 Å². The van der Waals surface area contributed by atoms with Crippen LogP contribution in [0.3, 0.4) is 0 Å². The molecular formula is C12H16OSi. The molecule has 0 atom stereocenters. The highest BCUT2D eigenvalue weighted by Gasteiger charge is 2.24. The minimum atomic E-state index is -1.75. The van der Waals surface area contributed by atoms with Crippen LogP contribution in [-0.2, 0) is 4.43 Å². The Bertz CT molecular complexity index is 314. The fourth-order valence-corrected chi connectivity index (χ4v) is 2.72. The molecular weight excluding hydrogens is 188 g/mol. The van der Waals surface area contributed by atoms with Gasteiger partial charge in [0.25, 0.3) is 8.32 Å². The average Bonchev–Trinajstić information content (AvgIpc) is 2.19. The molecule has 0 saturated carbocycles. The van der Waals surface area contributed by atoms with Crippen molar-refractivity contribution < 1.29 is 4.43 Å². The van der Waals surface area contributed by atoms with E-state index in [1.807, 2.05) is 24.3 Å². The van der Waals surface area contributed by atoms with Crippen molar-refractivity contribution in [2.75, 3.05) is 0 Å². The molecule has 0 bridgehead atoms. The molecule has 0 amide bonds. The third kappa shape index (κ3) is 2.89. The fraction of sp³-hybridized carbons (Fsp3) is 0.167. The molecule has 0 N–H and O–H groups in total. The van der Waals surface area contributed by atoms with Gasteiger partial charge in [-0.15, -0.1) is 0 Å². The summed E-state index contributed by atoms with van der Waals surface area (Å²) in [6, 6.07) is 10.4. The Balaban J connectivity index is 2.75. The van der Waals surface area contributed by atoms with Gasteiger partial charge in [-0.2, -0.15) is 0 Å². The number of benzene rings is 1. The Morgan fingerprint density at radius 2 is 1.86 bits per heavy atom. The fourth-order valence-electron chi connectivity index (χ4n) is 1.17. The standard InChI is InChI=1S/C12H16OSi/c1-4-5-11-13-14(2,3)12-9-7-6-8-10-12/h4-11H,1H2,2-3H3. The van der Waals surface area contributed by atoms with Crippen molar-refractivity contribution in [3.8, 4) is 0 Å². The lowest BCUT2D eigenvalue weighted by molar-refractivity contribution is 0.486. The van der Waals surface area contributed by atoms with E-state index in [2.05, 4.69) is 31.8 Å². The van der Waals surface area contributed by atoms with Crippen LogP contribution >= 0.6 is 0 Å². The van der Waals surface area contributed by atoms with Crippen molar-refractivity contribution in [3.63, 3.8) is 0 Å². The van der Waals surface area contributed by atoms with Crippen molar-refractivity contribution in [2.24, 2.45) is 0 Å². The summed E-state index contributed by atoms with van der Waals surface area (Å²) in [5, 5.41) is 1.30. The van der Waals surface area contributed by atoms with Gasteiger partial charge in [0.1, 0.15) is 0 Å². The molecule has 0 unspecified atom stereocenters. The van der Waals surface area contributed by atoms with E-state index in [0.29, 0.717) is 0 Å². The second-order valence-corrected chi connectivity index (χ2v) is 7.39. The molecule has 14 heavy (non-hydrogen) atoms. The van der Waals surface area contributed by atoms with Gasteiger partial charge in [0.15, 0.2) is 0 Å². The molecule has 0 fully saturated rings. The zero-order valence-corrected chi connectivity index (χ0v) is 9.73. The zero-order chi connectivity index (χ0) is 10.4. The summed E-state index contributed by atoms with van der Waals surface area (Å²) in [4.78, 5) is 0. The van der Waals surface area contributed by atoms with Gasteiger partial charge in [-0.05, 0) is 24.4 Å². The minimum Gasteiger partial charge on any atom is -0.545 e. The highest BCUT2D eigenvalue weighted by molar-refractivity contribution is 6.84. The maximum Gasteiger partial charge on any atom is 0.276 e. The molecule has 1 rings (SSSR count). The summed E-state index contributed by atoms with van der Waals surface area (Å²) in [6.45, 7) is 7.95. The van der Waals surface area contributed by atoms with Gasteiger partial charge in [-0.1, -0.05) is 43.0 Å². The van der Waals surface area contributed by atoms with Crippen molar-refractivity contribution in [1.82, 2.24) is 0 Å². The molecule has 0 saturated heterocycles. The van der Waals surface area contributed by atoms with Crippen molar-refractivity contribution in [1.29, 1.82) is 0 Å². The smallest absolute Gasteiger partial charge is 0.276 e. The van der Waals surface area contributed by atoms with E-state index < -0.39 is 8.32 Å². The first-order valence-electron chi connectivity index (χ1n) is 4.68. The third-order valence-corrected chi connectivity index (χ3v) is 4.50. The van der Waals surface area contributed by atoms with Gasteiger partial charge in [-0.25, -0.2) is 0 Å². The van der Waals surface area contributed by atoms with E-state index in [0.717, 1.165) is 0 Å². The Hall–Kier alpha value is -1.28. The molecule has 0 spiro atoms. The van der Waals surface area contributed by atoms with E-state index in [4.69, 9.17) is 4.43 Å². The van der Waals surface area contributed by atoms with Gasteiger partial charge >= 0.3 is 0 Å². The van der Waals surface area contributed by atoms with Crippen LogP contribution in [0.25, 0.3) is 0 Å². The summed E-state index contributed by atoms with van der Waals surface area (Å²) in [6.07, 6.45) is 5.26. The van der Waals surface area contributed by atoms with Crippen LogP contribution in [0.4, 0.5) is 0 Å². The van der Waals surface area contributed by atoms with E-state index >= 15 is 0 Å². The summed E-state index contributed by atoms with van der Waals surface area (Å²) >= 11 is 0. The number of hydrogen-bond acceptors (Lipinski definition) is 1. The van der Waals surface area contributed by atoms with Crippen LogP contribution in [-0.4, -0.2) is 8.32 Å². The first-order chi connectivity index (χ1) is 6.67. The molecule has 0 aliphatic heterocycles. The lowest BCUT2D eigenvalue weighted by Gasteiger charge is -2.21. The molecule has 1 nitrogen and oxygen atoms in total. The predicted molar refractivity (Wildman–Crippen MR) is 64.0 cm³/mol. The largest absolute Gasteiger partial charge is 0.545 e. The molecule has 2 heteroatoms. The first-order valence-corrected chi connectivity index (χ1v) is 7.58. The number of hydrogen-bond donors (Lipinski definition) is 0. The second-order valence-electron chi connectivity index (χ2n) is 3.56. The molecule has 74 valence electrons. The average molecular weight is 204 g/mol. The van der Waals surface area contributed by atoms with Gasteiger partial charge in [0.2, 0.25) is 0 Å². The Kier molecular flexibility index (Phi) is 3.71. The topological polar surface area (TPSA) is 9.23 Å². The van der Waals surface area contributed by atoms with Crippen LogP contribution in [0, 0.1) is 0 Å².